The maximum Gasteiger partial charge on any atom is 0.110 e. The van der Waals surface area contributed by atoms with Crippen molar-refractivity contribution < 1.29 is 0 Å². The van der Waals surface area contributed by atoms with Crippen molar-refractivity contribution in [3.05, 3.63) is 48.0 Å². The van der Waals surface area contributed by atoms with E-state index >= 15 is 0 Å². The van der Waals surface area contributed by atoms with Gasteiger partial charge in [0.25, 0.3) is 0 Å². The molecule has 108 valence electrons. The molecule has 2 aromatic rings. The van der Waals surface area contributed by atoms with Crippen LogP contribution in [0.5, 0.6) is 0 Å². The van der Waals surface area contributed by atoms with Crippen molar-refractivity contribution in [2.75, 3.05) is 11.4 Å². The molecule has 0 fully saturated rings. The summed E-state index contributed by atoms with van der Waals surface area (Å²) in [4.78, 5) is 6.79. The Balaban J connectivity index is 2.08. The molecule has 1 heterocycles. The minimum atomic E-state index is 0.457. The molecular weight excluding hydrogens is 248 g/mol. The van der Waals surface area contributed by atoms with Crippen LogP contribution in [0.4, 0.5) is 5.69 Å². The molecule has 2 rings (SSSR count). The summed E-state index contributed by atoms with van der Waals surface area (Å²) in [5.74, 6) is 1.12. The van der Waals surface area contributed by atoms with E-state index in [9.17, 15) is 0 Å². The van der Waals surface area contributed by atoms with Crippen LogP contribution < -0.4 is 10.6 Å². The predicted octanol–water partition coefficient (Wildman–Crippen LogP) is 2.34. The number of nitrogens with zero attached hydrogens (tertiary/aromatic N) is 3. The van der Waals surface area contributed by atoms with Gasteiger partial charge in [-0.25, -0.2) is 4.98 Å². The lowest BCUT2D eigenvalue weighted by atomic mass is 10.1. The van der Waals surface area contributed by atoms with E-state index in [0.29, 0.717) is 12.6 Å². The molecule has 0 saturated carbocycles. The maximum absolute atomic E-state index is 5.65. The summed E-state index contributed by atoms with van der Waals surface area (Å²) in [7, 11) is 2.04. The highest BCUT2D eigenvalue weighted by Crippen LogP contribution is 2.18. The molecule has 4 heteroatoms. The molecule has 0 saturated heterocycles. The molecule has 0 aliphatic heterocycles. The Bertz CT molecular complexity index is 528. The zero-order valence-corrected chi connectivity index (χ0v) is 12.6. The average Bonchev–Trinajstić information content (AvgIpc) is 2.85. The Morgan fingerprint density at radius 2 is 1.95 bits per heavy atom. The molecule has 0 aliphatic rings. The number of benzene rings is 1. The third-order valence-corrected chi connectivity index (χ3v) is 3.62. The number of aryl methyl sites for hydroxylation is 1. The molecule has 0 radical (unpaired) electrons. The smallest absolute Gasteiger partial charge is 0.110 e. The molecular formula is C16H24N4. The van der Waals surface area contributed by atoms with Gasteiger partial charge in [0, 0.05) is 50.7 Å². The second kappa shape index (κ2) is 6.57. The van der Waals surface area contributed by atoms with E-state index in [4.69, 9.17) is 5.73 Å². The second-order valence-corrected chi connectivity index (χ2v) is 5.36. The van der Waals surface area contributed by atoms with Gasteiger partial charge in [-0.3, -0.25) is 0 Å². The van der Waals surface area contributed by atoms with Gasteiger partial charge >= 0.3 is 0 Å². The molecule has 0 spiro atoms. The first-order chi connectivity index (χ1) is 9.61. The highest BCUT2D eigenvalue weighted by Gasteiger charge is 2.11. The van der Waals surface area contributed by atoms with Crippen molar-refractivity contribution in [1.29, 1.82) is 0 Å². The Kier molecular flexibility index (Phi) is 4.79. The third kappa shape index (κ3) is 3.39. The van der Waals surface area contributed by atoms with Gasteiger partial charge in [0.2, 0.25) is 0 Å². The number of aromatic nitrogens is 2. The summed E-state index contributed by atoms with van der Waals surface area (Å²) >= 11 is 0. The Morgan fingerprint density at radius 3 is 2.45 bits per heavy atom. The van der Waals surface area contributed by atoms with Crippen molar-refractivity contribution in [3.8, 4) is 0 Å². The molecule has 4 nitrogen and oxygen atoms in total. The molecule has 0 atom stereocenters. The van der Waals surface area contributed by atoms with Crippen LogP contribution in [-0.2, 0) is 20.0 Å². The fourth-order valence-corrected chi connectivity index (χ4v) is 2.37. The number of imidazole rings is 1. The van der Waals surface area contributed by atoms with E-state index in [-0.39, 0.29) is 0 Å². The van der Waals surface area contributed by atoms with Gasteiger partial charge in [-0.1, -0.05) is 12.1 Å². The molecule has 2 N–H and O–H groups in total. The van der Waals surface area contributed by atoms with E-state index in [1.165, 1.54) is 11.3 Å². The van der Waals surface area contributed by atoms with Gasteiger partial charge in [-0.05, 0) is 31.5 Å². The quantitative estimate of drug-likeness (QED) is 0.878. The number of hydrogen-bond acceptors (Lipinski definition) is 3. The summed E-state index contributed by atoms with van der Waals surface area (Å²) in [5.41, 5.74) is 8.06. The van der Waals surface area contributed by atoms with Crippen molar-refractivity contribution >= 4 is 5.69 Å². The van der Waals surface area contributed by atoms with Crippen molar-refractivity contribution in [2.45, 2.75) is 32.9 Å². The van der Waals surface area contributed by atoms with E-state index in [1.54, 1.807) is 0 Å². The van der Waals surface area contributed by atoms with Crippen molar-refractivity contribution in [2.24, 2.45) is 12.8 Å². The molecule has 0 amide bonds. The van der Waals surface area contributed by atoms with Gasteiger partial charge in [0.15, 0.2) is 0 Å². The van der Waals surface area contributed by atoms with E-state index in [0.717, 1.165) is 18.8 Å². The largest absolute Gasteiger partial charge is 0.369 e. The fraction of sp³-hybridized carbons (Fsp3) is 0.438. The lowest BCUT2D eigenvalue weighted by Gasteiger charge is -2.29. The second-order valence-electron chi connectivity index (χ2n) is 5.36. The summed E-state index contributed by atoms with van der Waals surface area (Å²) < 4.78 is 2.08. The summed E-state index contributed by atoms with van der Waals surface area (Å²) in [6.45, 7) is 5.99. The number of anilines is 1. The van der Waals surface area contributed by atoms with Crippen LogP contribution in [0.15, 0.2) is 36.7 Å². The van der Waals surface area contributed by atoms with Crippen LogP contribution in [-0.4, -0.2) is 22.1 Å². The minimum Gasteiger partial charge on any atom is -0.369 e. The number of hydrogen-bond donors (Lipinski definition) is 1. The monoisotopic (exact) mass is 272 g/mol. The predicted molar refractivity (Wildman–Crippen MR) is 83.7 cm³/mol. The third-order valence-electron chi connectivity index (χ3n) is 3.62. The lowest BCUT2D eigenvalue weighted by Crippen LogP contribution is -2.33. The zero-order chi connectivity index (χ0) is 14.5. The molecule has 0 bridgehead atoms. The standard InChI is InChI=1S/C16H24N4/c1-13(2)20(10-8-16-18-9-11-19(16)3)15-6-4-14(12-17)5-7-15/h4-7,9,11,13H,8,10,12,17H2,1-3H3. The molecule has 0 aliphatic carbocycles. The summed E-state index contributed by atoms with van der Waals surface area (Å²) in [6.07, 6.45) is 4.79. The number of nitrogens with two attached hydrogens (primary N) is 1. The van der Waals surface area contributed by atoms with Crippen LogP contribution in [0, 0.1) is 0 Å². The van der Waals surface area contributed by atoms with E-state index < -0.39 is 0 Å². The maximum atomic E-state index is 5.65. The van der Waals surface area contributed by atoms with E-state index in [2.05, 4.69) is 52.6 Å². The zero-order valence-electron chi connectivity index (χ0n) is 12.6. The first-order valence-electron chi connectivity index (χ1n) is 7.13. The first kappa shape index (κ1) is 14.6. The topological polar surface area (TPSA) is 47.1 Å². The van der Waals surface area contributed by atoms with Crippen LogP contribution in [0.2, 0.25) is 0 Å². The Hall–Kier alpha value is -1.81. The highest BCUT2D eigenvalue weighted by molar-refractivity contribution is 5.48. The van der Waals surface area contributed by atoms with Gasteiger partial charge in [-0.15, -0.1) is 0 Å². The van der Waals surface area contributed by atoms with E-state index in [1.807, 2.05) is 19.4 Å². The summed E-state index contributed by atoms with van der Waals surface area (Å²) in [6, 6.07) is 8.97. The van der Waals surface area contributed by atoms with Gasteiger partial charge < -0.3 is 15.2 Å². The van der Waals surface area contributed by atoms with Crippen LogP contribution in [0.3, 0.4) is 0 Å². The van der Waals surface area contributed by atoms with Gasteiger partial charge in [0.1, 0.15) is 5.82 Å². The molecule has 20 heavy (non-hydrogen) atoms. The Labute approximate surface area is 121 Å². The normalized spacial score (nSPS) is 11.1. The number of rotatable bonds is 6. The Morgan fingerprint density at radius 1 is 1.25 bits per heavy atom. The molecule has 1 aromatic heterocycles. The first-order valence-corrected chi connectivity index (χ1v) is 7.13. The van der Waals surface area contributed by atoms with Gasteiger partial charge in [-0.2, -0.15) is 0 Å². The van der Waals surface area contributed by atoms with Crippen LogP contribution in [0.25, 0.3) is 0 Å². The lowest BCUT2D eigenvalue weighted by molar-refractivity contribution is 0.656. The van der Waals surface area contributed by atoms with Crippen LogP contribution >= 0.6 is 0 Å². The van der Waals surface area contributed by atoms with Crippen molar-refractivity contribution in [1.82, 2.24) is 9.55 Å². The highest BCUT2D eigenvalue weighted by atomic mass is 15.2. The molecule has 1 aromatic carbocycles. The minimum absolute atomic E-state index is 0.457. The average molecular weight is 272 g/mol. The molecule has 0 unspecified atom stereocenters. The van der Waals surface area contributed by atoms with Gasteiger partial charge in [0.05, 0.1) is 0 Å². The fourth-order valence-electron chi connectivity index (χ4n) is 2.37. The SMILES string of the molecule is CC(C)N(CCc1nccn1C)c1ccc(CN)cc1. The summed E-state index contributed by atoms with van der Waals surface area (Å²) in [5, 5.41) is 0. The van der Waals surface area contributed by atoms with Crippen molar-refractivity contribution in [3.63, 3.8) is 0 Å². The van der Waals surface area contributed by atoms with Crippen LogP contribution in [0.1, 0.15) is 25.2 Å².